The van der Waals surface area contributed by atoms with Crippen LogP contribution in [0.5, 0.6) is 0 Å². The van der Waals surface area contributed by atoms with Crippen molar-refractivity contribution in [1.82, 2.24) is 0 Å². The first-order valence-electron chi connectivity index (χ1n) is 8.02. The fourth-order valence-corrected chi connectivity index (χ4v) is 2.09. The minimum absolute atomic E-state index is 0.262. The second kappa shape index (κ2) is 9.14. The average Bonchev–Trinajstić information content (AvgIpc) is 2.68. The Balaban J connectivity index is 1.94. The Morgan fingerprint density at radius 1 is 0.741 bits per heavy atom. The lowest BCUT2D eigenvalue weighted by atomic mass is 10.2. The molecule has 2 amide bonds. The van der Waals surface area contributed by atoms with Crippen LogP contribution in [-0.4, -0.2) is 37.5 Å². The van der Waals surface area contributed by atoms with E-state index in [1.165, 1.54) is 55.6 Å². The summed E-state index contributed by atoms with van der Waals surface area (Å²) in [6.45, 7) is 1.96. The molecule has 0 saturated heterocycles. The van der Waals surface area contributed by atoms with Gasteiger partial charge >= 0.3 is 23.8 Å². The van der Waals surface area contributed by atoms with Gasteiger partial charge in [-0.3, -0.25) is 9.59 Å². The van der Waals surface area contributed by atoms with Crippen LogP contribution in [0.1, 0.15) is 27.6 Å². The maximum absolute atomic E-state index is 12.0. The van der Waals surface area contributed by atoms with Crippen LogP contribution in [0.4, 0.5) is 11.4 Å². The smallest absolute Gasteiger partial charge is 0.338 e. The second-order valence-corrected chi connectivity index (χ2v) is 5.28. The summed E-state index contributed by atoms with van der Waals surface area (Å²) < 4.78 is 9.44. The van der Waals surface area contributed by atoms with Crippen LogP contribution in [0.2, 0.25) is 0 Å². The van der Waals surface area contributed by atoms with Crippen molar-refractivity contribution in [2.75, 3.05) is 24.4 Å². The number of carbonyl (C=O) groups excluding carboxylic acids is 4. The molecular formula is C19H18N2O6. The lowest BCUT2D eigenvalue weighted by Crippen LogP contribution is -2.29. The molecule has 0 aliphatic rings. The van der Waals surface area contributed by atoms with Gasteiger partial charge in [0.05, 0.1) is 24.8 Å². The molecule has 0 unspecified atom stereocenters. The SMILES string of the molecule is CCOC(=O)c1ccc(NC(=O)C(=O)Nc2ccc(C(=O)OC)cc2)cc1. The molecule has 0 aliphatic heterocycles. The summed E-state index contributed by atoms with van der Waals surface area (Å²) in [5.74, 6) is -2.73. The number of ether oxygens (including phenoxy) is 2. The zero-order valence-corrected chi connectivity index (χ0v) is 14.8. The van der Waals surface area contributed by atoms with E-state index in [4.69, 9.17) is 4.74 Å². The van der Waals surface area contributed by atoms with Gasteiger partial charge in [0, 0.05) is 11.4 Å². The summed E-state index contributed by atoms with van der Waals surface area (Å²) in [4.78, 5) is 46.9. The molecule has 0 bridgehead atoms. The van der Waals surface area contributed by atoms with Crippen LogP contribution in [-0.2, 0) is 19.1 Å². The number of hydrogen-bond acceptors (Lipinski definition) is 6. The van der Waals surface area contributed by atoms with Gasteiger partial charge in [0.15, 0.2) is 0 Å². The summed E-state index contributed by atoms with van der Waals surface area (Å²) in [5, 5.41) is 4.84. The lowest BCUT2D eigenvalue weighted by Gasteiger charge is -2.08. The zero-order chi connectivity index (χ0) is 19.8. The standard InChI is InChI=1S/C19H18N2O6/c1-3-27-19(25)13-6-10-15(11-7-13)21-17(23)16(22)20-14-8-4-12(5-9-14)18(24)26-2/h4-11H,3H2,1-2H3,(H,20,22)(H,21,23). The first-order chi connectivity index (χ1) is 12.9. The number of anilines is 2. The van der Waals surface area contributed by atoms with Crippen molar-refractivity contribution >= 4 is 35.1 Å². The molecule has 8 heteroatoms. The van der Waals surface area contributed by atoms with Crippen molar-refractivity contribution in [3.63, 3.8) is 0 Å². The van der Waals surface area contributed by atoms with E-state index in [1.807, 2.05) is 0 Å². The van der Waals surface area contributed by atoms with E-state index in [-0.39, 0.29) is 6.61 Å². The fraction of sp³-hybridized carbons (Fsp3) is 0.158. The topological polar surface area (TPSA) is 111 Å². The van der Waals surface area contributed by atoms with Gasteiger partial charge in [0.25, 0.3) is 0 Å². The van der Waals surface area contributed by atoms with Gasteiger partial charge in [0.1, 0.15) is 0 Å². The highest BCUT2D eigenvalue weighted by atomic mass is 16.5. The third-order valence-electron chi connectivity index (χ3n) is 3.42. The van der Waals surface area contributed by atoms with Crippen LogP contribution in [0, 0.1) is 0 Å². The molecule has 0 aliphatic carbocycles. The molecule has 2 rings (SSSR count). The Hall–Kier alpha value is -3.68. The quantitative estimate of drug-likeness (QED) is 0.617. The summed E-state index contributed by atoms with van der Waals surface area (Å²) in [6, 6.07) is 11.8. The molecule has 2 aromatic carbocycles. The number of benzene rings is 2. The first kappa shape index (κ1) is 19.6. The Labute approximate surface area is 155 Å². The Morgan fingerprint density at radius 2 is 1.15 bits per heavy atom. The number of carbonyl (C=O) groups is 4. The van der Waals surface area contributed by atoms with Gasteiger partial charge in [-0.15, -0.1) is 0 Å². The predicted octanol–water partition coefficient (Wildman–Crippen LogP) is 2.23. The summed E-state index contributed by atoms with van der Waals surface area (Å²) in [7, 11) is 1.27. The van der Waals surface area contributed by atoms with E-state index in [1.54, 1.807) is 6.92 Å². The van der Waals surface area contributed by atoms with Crippen LogP contribution < -0.4 is 10.6 Å². The zero-order valence-electron chi connectivity index (χ0n) is 14.8. The molecule has 0 heterocycles. The number of rotatable bonds is 5. The largest absolute Gasteiger partial charge is 0.465 e. The highest BCUT2D eigenvalue weighted by molar-refractivity contribution is 6.43. The van der Waals surface area contributed by atoms with Crippen LogP contribution >= 0.6 is 0 Å². The Kier molecular flexibility index (Phi) is 6.65. The van der Waals surface area contributed by atoms with Gasteiger partial charge < -0.3 is 20.1 Å². The molecule has 2 N–H and O–H groups in total. The molecule has 0 fully saturated rings. The third kappa shape index (κ3) is 5.40. The Morgan fingerprint density at radius 3 is 1.52 bits per heavy atom. The normalized spacial score (nSPS) is 9.85. The summed E-state index contributed by atoms with van der Waals surface area (Å²) in [5.41, 5.74) is 1.36. The highest BCUT2D eigenvalue weighted by Gasteiger charge is 2.15. The minimum atomic E-state index is -0.879. The second-order valence-electron chi connectivity index (χ2n) is 5.28. The van der Waals surface area contributed by atoms with E-state index in [0.29, 0.717) is 22.5 Å². The van der Waals surface area contributed by atoms with E-state index in [9.17, 15) is 19.2 Å². The number of hydrogen-bond donors (Lipinski definition) is 2. The molecule has 27 heavy (non-hydrogen) atoms. The van der Waals surface area contributed by atoms with Crippen molar-refractivity contribution < 1.29 is 28.7 Å². The molecule has 140 valence electrons. The van der Waals surface area contributed by atoms with E-state index >= 15 is 0 Å². The van der Waals surface area contributed by atoms with Crippen molar-refractivity contribution in [1.29, 1.82) is 0 Å². The van der Waals surface area contributed by atoms with Crippen molar-refractivity contribution in [2.45, 2.75) is 6.92 Å². The molecule has 2 aromatic rings. The third-order valence-corrected chi connectivity index (χ3v) is 3.42. The predicted molar refractivity (Wildman–Crippen MR) is 97.4 cm³/mol. The highest BCUT2D eigenvalue weighted by Crippen LogP contribution is 2.12. The summed E-state index contributed by atoms with van der Waals surface area (Å²) >= 11 is 0. The lowest BCUT2D eigenvalue weighted by molar-refractivity contribution is -0.132. The van der Waals surface area contributed by atoms with Crippen molar-refractivity contribution in [3.8, 4) is 0 Å². The number of amides is 2. The van der Waals surface area contributed by atoms with Crippen LogP contribution in [0.15, 0.2) is 48.5 Å². The summed E-state index contributed by atoms with van der Waals surface area (Å²) in [6.07, 6.45) is 0. The van der Waals surface area contributed by atoms with Crippen molar-refractivity contribution in [3.05, 3.63) is 59.7 Å². The van der Waals surface area contributed by atoms with Gasteiger partial charge in [0.2, 0.25) is 0 Å². The Bertz CT molecular complexity index is 844. The molecule has 0 spiro atoms. The molecular weight excluding hydrogens is 352 g/mol. The molecule has 0 radical (unpaired) electrons. The van der Waals surface area contributed by atoms with Gasteiger partial charge in [-0.25, -0.2) is 9.59 Å². The van der Waals surface area contributed by atoms with Gasteiger partial charge in [-0.1, -0.05) is 0 Å². The molecule has 0 atom stereocenters. The van der Waals surface area contributed by atoms with E-state index in [0.717, 1.165) is 0 Å². The van der Waals surface area contributed by atoms with Crippen LogP contribution in [0.3, 0.4) is 0 Å². The van der Waals surface area contributed by atoms with E-state index in [2.05, 4.69) is 15.4 Å². The maximum atomic E-state index is 12.0. The van der Waals surface area contributed by atoms with Gasteiger partial charge in [-0.05, 0) is 55.5 Å². The maximum Gasteiger partial charge on any atom is 0.338 e. The first-order valence-corrected chi connectivity index (χ1v) is 8.02. The number of esters is 2. The molecule has 0 saturated carbocycles. The van der Waals surface area contributed by atoms with Crippen LogP contribution in [0.25, 0.3) is 0 Å². The minimum Gasteiger partial charge on any atom is -0.465 e. The van der Waals surface area contributed by atoms with Crippen molar-refractivity contribution in [2.24, 2.45) is 0 Å². The fourth-order valence-electron chi connectivity index (χ4n) is 2.09. The average molecular weight is 370 g/mol. The molecule has 0 aromatic heterocycles. The molecule has 8 nitrogen and oxygen atoms in total. The number of methoxy groups -OCH3 is 1. The van der Waals surface area contributed by atoms with E-state index < -0.39 is 23.8 Å². The van der Waals surface area contributed by atoms with Gasteiger partial charge in [-0.2, -0.15) is 0 Å². The monoisotopic (exact) mass is 370 g/mol. The number of nitrogens with one attached hydrogen (secondary N) is 2.